The Bertz CT molecular complexity index is 3170. The highest BCUT2D eigenvalue weighted by Gasteiger charge is 2.49. The van der Waals surface area contributed by atoms with Crippen molar-refractivity contribution < 1.29 is 65.2 Å². The summed E-state index contributed by atoms with van der Waals surface area (Å²) in [5.41, 5.74) is 8.88. The van der Waals surface area contributed by atoms with E-state index in [1.54, 1.807) is 48.5 Å². The first kappa shape index (κ1) is 52.5. The zero-order chi connectivity index (χ0) is 53.1. The number of aromatic amines is 1. The number of nitrogens with one attached hydrogen (secondary N) is 3. The summed E-state index contributed by atoms with van der Waals surface area (Å²) in [6.07, 6.45) is -5.94. The van der Waals surface area contributed by atoms with Crippen LogP contribution in [-0.4, -0.2) is 177 Å². The molecule has 6 N–H and O–H groups in total. The van der Waals surface area contributed by atoms with Gasteiger partial charge in [0, 0.05) is 35.9 Å². The topological polar surface area (TPSA) is 266 Å². The molecule has 2 amide bonds. The molecule has 0 spiro atoms. The Kier molecular flexibility index (Phi) is 15.7. The lowest BCUT2D eigenvalue weighted by Gasteiger charge is -2.33. The number of aromatic nitrogens is 8. The number of nitrogens with two attached hydrogens (primary N) is 1. The minimum absolute atomic E-state index is 0.0242. The van der Waals surface area contributed by atoms with Crippen LogP contribution >= 0.6 is 11.6 Å². The fraction of sp³-hybridized carbons (Fsp3) is 0.449. The van der Waals surface area contributed by atoms with Crippen LogP contribution in [0, 0.1) is 0 Å². The van der Waals surface area contributed by atoms with Gasteiger partial charge in [0.1, 0.15) is 50.0 Å². The molecule has 0 radical (unpaired) electrons. The van der Waals surface area contributed by atoms with Crippen molar-refractivity contribution in [2.75, 3.05) is 78.2 Å². The van der Waals surface area contributed by atoms with Crippen LogP contribution in [0.4, 0.5) is 23.2 Å². The number of primary amides is 1. The number of nitrogens with zero attached hydrogens (tertiary/aromatic N) is 8. The van der Waals surface area contributed by atoms with Crippen LogP contribution in [0.5, 0.6) is 11.8 Å². The second-order valence-electron chi connectivity index (χ2n) is 18.5. The highest BCUT2D eigenvalue weighted by molar-refractivity contribution is 6.33. The Hall–Kier alpha value is -6.94. The fourth-order valence-electron chi connectivity index (χ4n) is 9.35. The molecule has 0 unspecified atom stereocenters. The monoisotopic (exact) mass is 1080 g/mol. The molecule has 0 aliphatic carbocycles. The predicted molar refractivity (Wildman–Crippen MR) is 264 cm³/mol. The molecule has 2 aromatic carbocycles. The standard InChI is InChI=1S/C49H53ClF4N12O10/c1-64-11-9-33(31(51)21-64)57-32-3-2-4-36-28(32)17-37(66(36)25-49(52,53)54)47-59-41(76-63-47)19-34-29(45(55)69)20-65(62-34)12-14-70-15-16-71-24-40(68)56-10-13-72-27-7-5-26(6-8-27)42-30(50)18-35-46(60-42)61-48(58-35)75-39-23-74-43-38(67)22-73-44(39)43/h2-8,17-18,20,31,33,38-39,43-44,57,67H,9-16,19,21-25H2,1H3,(H2,55,69)(H,56,68)(H,58,60,61)/t31-,33+,38+,39+,43+,44+/m0/s1. The summed E-state index contributed by atoms with van der Waals surface area (Å²) in [7, 11) is 1.83. The summed E-state index contributed by atoms with van der Waals surface area (Å²) in [6.45, 7) is 0.816. The Labute approximate surface area is 435 Å². The van der Waals surface area contributed by atoms with Gasteiger partial charge in [0.05, 0.1) is 97.3 Å². The maximum Gasteiger partial charge on any atom is 0.406 e. The zero-order valence-electron chi connectivity index (χ0n) is 40.8. The van der Waals surface area contributed by atoms with E-state index in [2.05, 4.69) is 40.8 Å². The summed E-state index contributed by atoms with van der Waals surface area (Å²) >= 11 is 6.60. The van der Waals surface area contributed by atoms with Crippen LogP contribution in [0.25, 0.3) is 44.8 Å². The number of halogens is 5. The number of benzene rings is 2. The predicted octanol–water partition coefficient (Wildman–Crippen LogP) is 4.32. The third-order valence-electron chi connectivity index (χ3n) is 13.0. The SMILES string of the molecule is CN1CC[C@@H](Nc2cccc3c2cc(-c2noc(Cc4nn(CCOCCOCC(=O)NCCOc5ccc(-c6nc7nc(O[C@@H]8CO[C@H]9[C@@H]8OC[C@H]9O)[nH]c7cc6Cl)cc5)cc4C(N)=O)n2)n3CC(F)(F)F)[C@@H](F)C1. The first-order chi connectivity index (χ1) is 36.6. The van der Waals surface area contributed by atoms with Gasteiger partial charge in [-0.2, -0.15) is 28.2 Å². The summed E-state index contributed by atoms with van der Waals surface area (Å²) in [6, 6.07) is 14.9. The number of imidazole rings is 1. The van der Waals surface area contributed by atoms with Crippen LogP contribution in [0.15, 0.2) is 65.3 Å². The quantitative estimate of drug-likeness (QED) is 0.0467. The van der Waals surface area contributed by atoms with Crippen LogP contribution < -0.4 is 25.8 Å². The molecule has 8 heterocycles. The smallest absolute Gasteiger partial charge is 0.406 e. The molecule has 7 aromatic rings. The number of aliphatic hydroxyl groups is 1. The van der Waals surface area contributed by atoms with Gasteiger partial charge >= 0.3 is 6.18 Å². The molecule has 10 rings (SSSR count). The number of H-pyrrole nitrogens is 1. The van der Waals surface area contributed by atoms with Crippen molar-refractivity contribution in [2.24, 2.45) is 5.73 Å². The number of anilines is 1. The molecule has 0 bridgehead atoms. The molecule has 22 nitrogen and oxygen atoms in total. The minimum Gasteiger partial charge on any atom is -0.492 e. The average Bonchev–Trinajstić information content (AvgIpc) is 4.27. The van der Waals surface area contributed by atoms with Crippen molar-refractivity contribution in [3.63, 3.8) is 0 Å². The highest BCUT2D eigenvalue weighted by Crippen LogP contribution is 2.36. The summed E-state index contributed by atoms with van der Waals surface area (Å²) in [4.78, 5) is 43.2. The minimum atomic E-state index is -4.60. The number of rotatable bonds is 22. The summed E-state index contributed by atoms with van der Waals surface area (Å²) < 4.78 is 98.9. The van der Waals surface area contributed by atoms with Gasteiger partial charge < -0.3 is 68.9 Å². The van der Waals surface area contributed by atoms with E-state index < -0.39 is 55.3 Å². The largest absolute Gasteiger partial charge is 0.492 e. The molecule has 3 saturated heterocycles. The number of ether oxygens (including phenoxy) is 6. The number of amides is 2. The number of aliphatic hydroxyl groups excluding tert-OH is 1. The number of carbonyl (C=O) groups is 2. The molecular formula is C49H53ClF4N12O10. The van der Waals surface area contributed by atoms with Gasteiger partial charge in [0.15, 0.2) is 11.8 Å². The Morgan fingerprint density at radius 3 is 2.63 bits per heavy atom. The normalized spacial score (nSPS) is 20.9. The molecule has 76 heavy (non-hydrogen) atoms. The zero-order valence-corrected chi connectivity index (χ0v) is 41.6. The van der Waals surface area contributed by atoms with Gasteiger partial charge in [-0.05, 0) is 62.0 Å². The van der Waals surface area contributed by atoms with Gasteiger partial charge in [-0.25, -0.2) is 9.37 Å². The first-order valence-electron chi connectivity index (χ1n) is 24.4. The molecule has 3 aliphatic heterocycles. The van der Waals surface area contributed by atoms with Gasteiger partial charge in [-0.3, -0.25) is 14.3 Å². The molecule has 3 aliphatic rings. The van der Waals surface area contributed by atoms with E-state index in [4.69, 9.17) is 50.3 Å². The lowest BCUT2D eigenvalue weighted by atomic mass is 10.0. The second kappa shape index (κ2) is 22.7. The van der Waals surface area contributed by atoms with Gasteiger partial charge in [0.25, 0.3) is 11.9 Å². The molecule has 6 atom stereocenters. The number of pyridine rings is 1. The maximum absolute atomic E-state index is 15.0. The maximum atomic E-state index is 15.0. The van der Waals surface area contributed by atoms with Gasteiger partial charge in [-0.1, -0.05) is 22.8 Å². The Morgan fingerprint density at radius 1 is 1.01 bits per heavy atom. The lowest BCUT2D eigenvalue weighted by Crippen LogP contribution is -2.46. The molecular weight excluding hydrogens is 1030 g/mol. The Balaban J connectivity index is 0.644. The second-order valence-corrected chi connectivity index (χ2v) is 18.9. The number of fused-ring (bicyclic) bond motifs is 3. The summed E-state index contributed by atoms with van der Waals surface area (Å²) in [5, 5.41) is 25.2. The fourth-order valence-corrected chi connectivity index (χ4v) is 9.62. The van der Waals surface area contributed by atoms with Crippen molar-refractivity contribution in [3.8, 4) is 34.5 Å². The van der Waals surface area contributed by atoms with Crippen molar-refractivity contribution in [1.29, 1.82) is 0 Å². The van der Waals surface area contributed by atoms with Crippen LogP contribution in [0.2, 0.25) is 5.02 Å². The molecule has 5 aromatic heterocycles. The Morgan fingerprint density at radius 2 is 1.83 bits per heavy atom. The lowest BCUT2D eigenvalue weighted by molar-refractivity contribution is -0.139. The molecule has 0 saturated carbocycles. The molecule has 3 fully saturated rings. The van der Waals surface area contributed by atoms with E-state index in [9.17, 15) is 32.3 Å². The van der Waals surface area contributed by atoms with E-state index in [0.29, 0.717) is 51.7 Å². The summed E-state index contributed by atoms with van der Waals surface area (Å²) in [5.74, 6) is -0.723. The highest BCUT2D eigenvalue weighted by atomic mass is 35.5. The van der Waals surface area contributed by atoms with Crippen LogP contribution in [-0.2, 0) is 43.3 Å². The van der Waals surface area contributed by atoms with E-state index >= 15 is 0 Å². The third kappa shape index (κ3) is 12.2. The number of piperidine rings is 1. The van der Waals surface area contributed by atoms with Crippen molar-refractivity contribution >= 4 is 51.2 Å². The average molecular weight is 1080 g/mol. The van der Waals surface area contributed by atoms with Crippen molar-refractivity contribution in [2.45, 2.75) is 68.7 Å². The number of carbonyl (C=O) groups excluding carboxylic acids is 2. The number of hydrogen-bond donors (Lipinski definition) is 5. The van der Waals surface area contributed by atoms with Crippen LogP contribution in [0.3, 0.4) is 0 Å². The van der Waals surface area contributed by atoms with Crippen molar-refractivity contribution in [3.05, 3.63) is 83.0 Å². The van der Waals surface area contributed by atoms with E-state index in [0.717, 1.165) is 10.1 Å². The third-order valence-corrected chi connectivity index (χ3v) is 13.3. The molecule has 27 heteroatoms. The van der Waals surface area contributed by atoms with Gasteiger partial charge in [0.2, 0.25) is 17.6 Å². The number of likely N-dealkylation sites (tertiary alicyclic amines) is 1. The van der Waals surface area contributed by atoms with E-state index in [-0.39, 0.29) is 118 Å². The molecule has 404 valence electrons. The number of alkyl halides is 4. The van der Waals surface area contributed by atoms with Gasteiger partial charge in [-0.15, -0.1) is 0 Å². The number of hydrogen-bond acceptors (Lipinski definition) is 17. The first-order valence-corrected chi connectivity index (χ1v) is 24.8. The van der Waals surface area contributed by atoms with Crippen LogP contribution in [0.1, 0.15) is 28.4 Å². The van der Waals surface area contributed by atoms with E-state index in [1.165, 1.54) is 16.9 Å². The van der Waals surface area contributed by atoms with Crippen molar-refractivity contribution in [1.82, 2.24) is 49.7 Å². The van der Waals surface area contributed by atoms with E-state index in [1.807, 2.05) is 11.9 Å².